The molecule has 0 saturated carbocycles. The second-order valence-electron chi connectivity index (χ2n) is 5.35. The SMILES string of the molecule is CCC1(C(=O)O)CCCN(Cc2ccnc(C)n2)C1. The van der Waals surface area contributed by atoms with Crippen molar-refractivity contribution in [2.75, 3.05) is 13.1 Å². The molecule has 1 saturated heterocycles. The van der Waals surface area contributed by atoms with Crippen LogP contribution in [0.5, 0.6) is 0 Å². The number of nitrogens with zero attached hydrogens (tertiary/aromatic N) is 3. The van der Waals surface area contributed by atoms with Gasteiger partial charge in [0.25, 0.3) is 0 Å². The van der Waals surface area contributed by atoms with Gasteiger partial charge in [-0.15, -0.1) is 0 Å². The molecule has 2 rings (SSSR count). The van der Waals surface area contributed by atoms with Crippen LogP contribution in [0.2, 0.25) is 0 Å². The molecule has 1 unspecified atom stereocenters. The van der Waals surface area contributed by atoms with Crippen LogP contribution in [0.25, 0.3) is 0 Å². The van der Waals surface area contributed by atoms with E-state index in [1.165, 1.54) is 0 Å². The van der Waals surface area contributed by atoms with Crippen LogP contribution < -0.4 is 0 Å². The second-order valence-corrected chi connectivity index (χ2v) is 5.35. The lowest BCUT2D eigenvalue weighted by Gasteiger charge is -2.39. The van der Waals surface area contributed by atoms with Gasteiger partial charge >= 0.3 is 5.97 Å². The van der Waals surface area contributed by atoms with Crippen molar-refractivity contribution in [2.45, 2.75) is 39.7 Å². The van der Waals surface area contributed by atoms with Crippen LogP contribution in [0.4, 0.5) is 0 Å². The molecule has 1 aromatic rings. The Morgan fingerprint density at radius 3 is 3.00 bits per heavy atom. The molecule has 0 radical (unpaired) electrons. The topological polar surface area (TPSA) is 66.3 Å². The van der Waals surface area contributed by atoms with Crippen molar-refractivity contribution in [3.05, 3.63) is 23.8 Å². The molecule has 1 aliphatic heterocycles. The number of rotatable bonds is 4. The average molecular weight is 263 g/mol. The first-order valence-corrected chi connectivity index (χ1v) is 6.80. The number of aryl methyl sites for hydroxylation is 1. The minimum absolute atomic E-state index is 0.583. The molecule has 19 heavy (non-hydrogen) atoms. The van der Waals surface area contributed by atoms with Crippen molar-refractivity contribution in [1.82, 2.24) is 14.9 Å². The Bertz CT molecular complexity index is 464. The summed E-state index contributed by atoms with van der Waals surface area (Å²) in [4.78, 5) is 22.2. The van der Waals surface area contributed by atoms with Gasteiger partial charge in [-0.25, -0.2) is 9.97 Å². The fourth-order valence-corrected chi connectivity index (χ4v) is 2.80. The highest BCUT2D eigenvalue weighted by molar-refractivity contribution is 5.75. The van der Waals surface area contributed by atoms with E-state index >= 15 is 0 Å². The number of hydrogen-bond acceptors (Lipinski definition) is 4. The Hall–Kier alpha value is -1.49. The van der Waals surface area contributed by atoms with Gasteiger partial charge in [-0.1, -0.05) is 6.92 Å². The van der Waals surface area contributed by atoms with E-state index in [0.717, 1.165) is 30.9 Å². The van der Waals surface area contributed by atoms with Crippen molar-refractivity contribution < 1.29 is 9.90 Å². The predicted octanol–water partition coefficient (Wildman–Crippen LogP) is 1.86. The van der Waals surface area contributed by atoms with Crippen LogP contribution >= 0.6 is 0 Å². The van der Waals surface area contributed by atoms with Crippen LogP contribution in [0, 0.1) is 12.3 Å². The lowest BCUT2D eigenvalue weighted by Crippen LogP contribution is -2.47. The summed E-state index contributed by atoms with van der Waals surface area (Å²) in [7, 11) is 0. The maximum absolute atomic E-state index is 11.5. The fraction of sp³-hybridized carbons (Fsp3) is 0.643. The van der Waals surface area contributed by atoms with Gasteiger partial charge in [-0.2, -0.15) is 0 Å². The van der Waals surface area contributed by atoms with Gasteiger partial charge in [-0.3, -0.25) is 9.69 Å². The number of piperidine rings is 1. The number of aliphatic carboxylic acids is 1. The second kappa shape index (κ2) is 5.65. The maximum atomic E-state index is 11.5. The predicted molar refractivity (Wildman–Crippen MR) is 71.6 cm³/mol. The highest BCUT2D eigenvalue weighted by Gasteiger charge is 2.40. The van der Waals surface area contributed by atoms with Gasteiger partial charge in [0.1, 0.15) is 5.82 Å². The monoisotopic (exact) mass is 263 g/mol. The van der Waals surface area contributed by atoms with Gasteiger partial charge < -0.3 is 5.11 Å². The third kappa shape index (κ3) is 3.10. The Labute approximate surface area is 113 Å². The Kier molecular flexibility index (Phi) is 4.14. The van der Waals surface area contributed by atoms with Gasteiger partial charge in [0.2, 0.25) is 0 Å². The summed E-state index contributed by atoms with van der Waals surface area (Å²) >= 11 is 0. The zero-order valence-electron chi connectivity index (χ0n) is 11.6. The van der Waals surface area contributed by atoms with E-state index < -0.39 is 11.4 Å². The van der Waals surface area contributed by atoms with Gasteiger partial charge in [0, 0.05) is 19.3 Å². The molecule has 1 fully saturated rings. The highest BCUT2D eigenvalue weighted by Crippen LogP contribution is 2.34. The van der Waals surface area contributed by atoms with E-state index in [4.69, 9.17) is 0 Å². The smallest absolute Gasteiger partial charge is 0.310 e. The fourth-order valence-electron chi connectivity index (χ4n) is 2.80. The van der Waals surface area contributed by atoms with Crippen LogP contribution in [0.3, 0.4) is 0 Å². The largest absolute Gasteiger partial charge is 0.481 e. The van der Waals surface area contributed by atoms with Crippen LogP contribution in [-0.4, -0.2) is 39.0 Å². The summed E-state index contributed by atoms with van der Waals surface area (Å²) in [6, 6.07) is 1.90. The number of aromatic nitrogens is 2. The molecular formula is C14H21N3O2. The first-order chi connectivity index (χ1) is 9.05. The van der Waals surface area contributed by atoms with Crippen molar-refractivity contribution in [2.24, 2.45) is 5.41 Å². The summed E-state index contributed by atoms with van der Waals surface area (Å²) in [5.74, 6) is 0.0908. The van der Waals surface area contributed by atoms with Gasteiger partial charge in [0.05, 0.1) is 11.1 Å². The summed E-state index contributed by atoms with van der Waals surface area (Å²) in [5, 5.41) is 9.46. The number of hydrogen-bond donors (Lipinski definition) is 1. The third-order valence-electron chi connectivity index (χ3n) is 4.01. The van der Waals surface area contributed by atoms with E-state index in [9.17, 15) is 9.90 Å². The molecule has 0 spiro atoms. The van der Waals surface area contributed by atoms with Crippen LogP contribution in [0.15, 0.2) is 12.3 Å². The first-order valence-electron chi connectivity index (χ1n) is 6.80. The molecule has 0 amide bonds. The van der Waals surface area contributed by atoms with E-state index in [0.29, 0.717) is 19.5 Å². The van der Waals surface area contributed by atoms with Crippen LogP contribution in [-0.2, 0) is 11.3 Å². The van der Waals surface area contributed by atoms with Crippen molar-refractivity contribution in [3.63, 3.8) is 0 Å². The van der Waals surface area contributed by atoms with E-state index in [1.54, 1.807) is 6.20 Å². The highest BCUT2D eigenvalue weighted by atomic mass is 16.4. The number of likely N-dealkylation sites (tertiary alicyclic amines) is 1. The molecule has 2 heterocycles. The Balaban J connectivity index is 2.07. The molecule has 1 aliphatic rings. The normalized spacial score (nSPS) is 24.3. The average Bonchev–Trinajstić information content (AvgIpc) is 2.38. The molecule has 104 valence electrons. The number of carboxylic acid groups (broad SMARTS) is 1. The maximum Gasteiger partial charge on any atom is 0.310 e. The van der Waals surface area contributed by atoms with E-state index in [2.05, 4.69) is 14.9 Å². The van der Waals surface area contributed by atoms with Gasteiger partial charge in [-0.05, 0) is 38.8 Å². The zero-order chi connectivity index (χ0) is 13.9. The van der Waals surface area contributed by atoms with Crippen molar-refractivity contribution in [3.8, 4) is 0 Å². The molecule has 5 nitrogen and oxygen atoms in total. The molecule has 5 heteroatoms. The molecule has 1 N–H and O–H groups in total. The Morgan fingerprint density at radius 1 is 1.58 bits per heavy atom. The molecule has 0 bridgehead atoms. The molecule has 0 aliphatic carbocycles. The Morgan fingerprint density at radius 2 is 2.37 bits per heavy atom. The van der Waals surface area contributed by atoms with Gasteiger partial charge in [0.15, 0.2) is 0 Å². The summed E-state index contributed by atoms with van der Waals surface area (Å²) in [6.07, 6.45) is 4.15. The molecule has 0 aromatic carbocycles. The molecule has 1 atom stereocenters. The van der Waals surface area contributed by atoms with Crippen molar-refractivity contribution in [1.29, 1.82) is 0 Å². The summed E-state index contributed by atoms with van der Waals surface area (Å²) < 4.78 is 0. The lowest BCUT2D eigenvalue weighted by molar-refractivity contribution is -0.153. The third-order valence-corrected chi connectivity index (χ3v) is 4.01. The minimum Gasteiger partial charge on any atom is -0.481 e. The summed E-state index contributed by atoms with van der Waals surface area (Å²) in [6.45, 7) is 6.10. The quantitative estimate of drug-likeness (QED) is 0.898. The van der Waals surface area contributed by atoms with E-state index in [1.807, 2.05) is 19.9 Å². The zero-order valence-corrected chi connectivity index (χ0v) is 11.6. The molecule has 1 aromatic heterocycles. The van der Waals surface area contributed by atoms with Crippen molar-refractivity contribution >= 4 is 5.97 Å². The standard InChI is InChI=1S/C14H21N3O2/c1-3-14(13(18)19)6-4-8-17(10-14)9-12-5-7-15-11(2)16-12/h5,7H,3-4,6,8-10H2,1-2H3,(H,18,19). The van der Waals surface area contributed by atoms with E-state index in [-0.39, 0.29) is 0 Å². The number of carbonyl (C=O) groups is 1. The van der Waals surface area contributed by atoms with Crippen LogP contribution in [0.1, 0.15) is 37.7 Å². The number of carboxylic acids is 1. The first kappa shape index (κ1) is 13.9. The lowest BCUT2D eigenvalue weighted by atomic mass is 9.77. The minimum atomic E-state index is -0.668. The molecular weight excluding hydrogens is 242 g/mol. The summed E-state index contributed by atoms with van der Waals surface area (Å²) in [5.41, 5.74) is 0.380.